The minimum atomic E-state index is -2.84. The van der Waals surface area contributed by atoms with E-state index < -0.39 is 9.84 Å². The summed E-state index contributed by atoms with van der Waals surface area (Å²) in [6.45, 7) is 9.32. The van der Waals surface area contributed by atoms with Crippen LogP contribution in [0.25, 0.3) is 0 Å². The van der Waals surface area contributed by atoms with Crippen LogP contribution in [0.5, 0.6) is 0 Å². The van der Waals surface area contributed by atoms with Crippen molar-refractivity contribution in [1.29, 1.82) is 0 Å². The molecule has 0 spiro atoms. The summed E-state index contributed by atoms with van der Waals surface area (Å²) in [4.78, 5) is 0. The third-order valence-corrected chi connectivity index (χ3v) is 7.13. The highest BCUT2D eigenvalue weighted by atomic mass is 32.2. The van der Waals surface area contributed by atoms with E-state index in [4.69, 9.17) is 0 Å². The fourth-order valence-electron chi connectivity index (χ4n) is 4.11. The Bertz CT molecular complexity index is 438. The zero-order valence-corrected chi connectivity index (χ0v) is 14.4. The predicted octanol–water partition coefficient (Wildman–Crippen LogP) is 3.01. The molecule has 2 rings (SSSR count). The number of hydrogen-bond donors (Lipinski definition) is 1. The zero-order chi connectivity index (χ0) is 15.0. The lowest BCUT2D eigenvalue weighted by Crippen LogP contribution is -2.46. The van der Waals surface area contributed by atoms with E-state index in [1.54, 1.807) is 6.92 Å². The number of sulfone groups is 1. The van der Waals surface area contributed by atoms with E-state index in [1.807, 2.05) is 0 Å². The van der Waals surface area contributed by atoms with Crippen LogP contribution in [0.15, 0.2) is 0 Å². The summed E-state index contributed by atoms with van der Waals surface area (Å²) in [6, 6.07) is 0. The van der Waals surface area contributed by atoms with Crippen molar-refractivity contribution in [3.05, 3.63) is 0 Å². The molecule has 118 valence electrons. The van der Waals surface area contributed by atoms with E-state index in [1.165, 1.54) is 25.7 Å². The van der Waals surface area contributed by atoms with Crippen molar-refractivity contribution in [2.24, 2.45) is 17.3 Å². The molecular formula is C16H31NO2S. The minimum absolute atomic E-state index is 0.110. The number of rotatable bonds is 6. The van der Waals surface area contributed by atoms with Gasteiger partial charge in [0.1, 0.15) is 9.84 Å². The molecule has 1 N–H and O–H groups in total. The molecule has 3 unspecified atom stereocenters. The van der Waals surface area contributed by atoms with Crippen molar-refractivity contribution < 1.29 is 8.42 Å². The van der Waals surface area contributed by atoms with Gasteiger partial charge in [0, 0.05) is 17.8 Å². The molecule has 2 bridgehead atoms. The second kappa shape index (κ2) is 5.60. The third-order valence-electron chi connectivity index (χ3n) is 5.42. The second-order valence-corrected chi connectivity index (χ2v) is 10.5. The van der Waals surface area contributed by atoms with Crippen molar-refractivity contribution in [3.8, 4) is 0 Å². The van der Waals surface area contributed by atoms with E-state index >= 15 is 0 Å². The topological polar surface area (TPSA) is 46.2 Å². The highest BCUT2D eigenvalue weighted by Gasteiger charge is 2.50. The van der Waals surface area contributed by atoms with Gasteiger partial charge in [-0.05, 0) is 63.7 Å². The van der Waals surface area contributed by atoms with Gasteiger partial charge >= 0.3 is 0 Å². The molecule has 20 heavy (non-hydrogen) atoms. The SMILES string of the molecule is CCS(=O)(=O)CCC1(CNC(C)(C)C)CC2CCC1C2. The van der Waals surface area contributed by atoms with E-state index in [2.05, 4.69) is 26.1 Å². The van der Waals surface area contributed by atoms with Crippen molar-refractivity contribution in [2.45, 2.75) is 65.3 Å². The van der Waals surface area contributed by atoms with Gasteiger partial charge in [0.2, 0.25) is 0 Å². The van der Waals surface area contributed by atoms with Crippen LogP contribution >= 0.6 is 0 Å². The average Bonchev–Trinajstić information content (AvgIpc) is 2.94. The van der Waals surface area contributed by atoms with Gasteiger partial charge in [0.05, 0.1) is 5.75 Å². The molecule has 0 aromatic heterocycles. The predicted molar refractivity (Wildman–Crippen MR) is 84.6 cm³/mol. The smallest absolute Gasteiger partial charge is 0.150 e. The maximum absolute atomic E-state index is 11.9. The lowest BCUT2D eigenvalue weighted by molar-refractivity contribution is 0.138. The van der Waals surface area contributed by atoms with Crippen LogP contribution in [0.3, 0.4) is 0 Å². The molecule has 3 nitrogen and oxygen atoms in total. The summed E-state index contributed by atoms with van der Waals surface area (Å²) in [6.07, 6.45) is 6.09. The van der Waals surface area contributed by atoms with E-state index in [0.717, 1.165) is 24.8 Å². The fraction of sp³-hybridized carbons (Fsp3) is 1.00. The van der Waals surface area contributed by atoms with Gasteiger partial charge in [-0.2, -0.15) is 0 Å². The Balaban J connectivity index is 2.06. The first-order valence-corrected chi connectivity index (χ1v) is 9.93. The molecule has 2 aliphatic rings. The number of nitrogens with one attached hydrogen (secondary N) is 1. The van der Waals surface area contributed by atoms with Gasteiger partial charge in [0.15, 0.2) is 0 Å². The Labute approximate surface area is 124 Å². The Kier molecular flexibility index (Phi) is 4.56. The first kappa shape index (κ1) is 16.3. The Morgan fingerprint density at radius 2 is 1.95 bits per heavy atom. The normalized spacial score (nSPS) is 33.8. The quantitative estimate of drug-likeness (QED) is 0.820. The highest BCUT2D eigenvalue weighted by Crippen LogP contribution is 2.57. The van der Waals surface area contributed by atoms with Gasteiger partial charge in [-0.3, -0.25) is 0 Å². The monoisotopic (exact) mass is 301 g/mol. The molecule has 0 aromatic rings. The molecule has 0 saturated heterocycles. The summed E-state index contributed by atoms with van der Waals surface area (Å²) in [5, 5.41) is 3.65. The number of fused-ring (bicyclic) bond motifs is 2. The van der Waals surface area contributed by atoms with Crippen LogP contribution in [-0.4, -0.2) is 32.0 Å². The molecule has 0 amide bonds. The lowest BCUT2D eigenvalue weighted by atomic mass is 9.71. The van der Waals surface area contributed by atoms with Gasteiger partial charge in [-0.15, -0.1) is 0 Å². The summed E-state index contributed by atoms with van der Waals surface area (Å²) < 4.78 is 23.8. The fourth-order valence-corrected chi connectivity index (χ4v) is 5.12. The second-order valence-electron chi connectivity index (χ2n) is 8.03. The van der Waals surface area contributed by atoms with Crippen molar-refractivity contribution in [1.82, 2.24) is 5.32 Å². The van der Waals surface area contributed by atoms with Gasteiger partial charge < -0.3 is 5.32 Å². The lowest BCUT2D eigenvalue weighted by Gasteiger charge is -2.40. The van der Waals surface area contributed by atoms with Crippen LogP contribution in [0.2, 0.25) is 0 Å². The van der Waals surface area contributed by atoms with Crippen molar-refractivity contribution in [3.63, 3.8) is 0 Å². The summed E-state index contributed by atoms with van der Waals surface area (Å²) in [7, 11) is -2.84. The maximum atomic E-state index is 11.9. The molecule has 0 aromatic carbocycles. The summed E-state index contributed by atoms with van der Waals surface area (Å²) in [5.41, 5.74) is 0.344. The van der Waals surface area contributed by atoms with E-state index in [0.29, 0.717) is 5.75 Å². The molecule has 4 heteroatoms. The summed E-state index contributed by atoms with van der Waals surface area (Å²) >= 11 is 0. The molecule has 2 aliphatic carbocycles. The molecule has 2 fully saturated rings. The minimum Gasteiger partial charge on any atom is -0.312 e. The van der Waals surface area contributed by atoms with Gasteiger partial charge in [0.25, 0.3) is 0 Å². The third kappa shape index (κ3) is 3.76. The standard InChI is InChI=1S/C16H31NO2S/c1-5-20(18,19)9-8-16(12-17-15(2,3)4)11-13-6-7-14(16)10-13/h13-14,17H,5-12H2,1-4H3. The molecule has 0 radical (unpaired) electrons. The first-order valence-electron chi connectivity index (χ1n) is 8.11. The molecule has 2 saturated carbocycles. The first-order chi connectivity index (χ1) is 9.16. The molecule has 0 aliphatic heterocycles. The van der Waals surface area contributed by atoms with E-state index in [-0.39, 0.29) is 16.7 Å². The van der Waals surface area contributed by atoms with Crippen LogP contribution in [0.1, 0.15) is 59.8 Å². The number of hydrogen-bond acceptors (Lipinski definition) is 3. The van der Waals surface area contributed by atoms with Gasteiger partial charge in [-0.1, -0.05) is 13.3 Å². The Hall–Kier alpha value is -0.0900. The largest absolute Gasteiger partial charge is 0.312 e. The molecule has 0 heterocycles. The van der Waals surface area contributed by atoms with Gasteiger partial charge in [-0.25, -0.2) is 8.42 Å². The Morgan fingerprint density at radius 1 is 1.25 bits per heavy atom. The van der Waals surface area contributed by atoms with Crippen LogP contribution in [-0.2, 0) is 9.84 Å². The zero-order valence-electron chi connectivity index (χ0n) is 13.5. The van der Waals surface area contributed by atoms with Crippen LogP contribution in [0, 0.1) is 17.3 Å². The van der Waals surface area contributed by atoms with Crippen LogP contribution < -0.4 is 5.32 Å². The van der Waals surface area contributed by atoms with Crippen molar-refractivity contribution in [2.75, 3.05) is 18.1 Å². The van der Waals surface area contributed by atoms with E-state index in [9.17, 15) is 8.42 Å². The summed E-state index contributed by atoms with van der Waals surface area (Å²) in [5.74, 6) is 2.25. The maximum Gasteiger partial charge on any atom is 0.150 e. The highest BCUT2D eigenvalue weighted by molar-refractivity contribution is 7.91. The molecular weight excluding hydrogens is 270 g/mol. The molecule has 3 atom stereocenters. The van der Waals surface area contributed by atoms with Crippen molar-refractivity contribution >= 4 is 9.84 Å². The van der Waals surface area contributed by atoms with Crippen LogP contribution in [0.4, 0.5) is 0 Å². The Morgan fingerprint density at radius 3 is 2.40 bits per heavy atom. The average molecular weight is 301 g/mol.